The quantitative estimate of drug-likeness (QED) is 0.708. The third-order valence-electron chi connectivity index (χ3n) is 8.33. The van der Waals surface area contributed by atoms with Crippen molar-refractivity contribution in [1.82, 2.24) is 14.7 Å². The van der Waals surface area contributed by atoms with Crippen molar-refractivity contribution in [2.24, 2.45) is 11.8 Å². The fourth-order valence-corrected chi connectivity index (χ4v) is 6.63. The Bertz CT molecular complexity index is 818. The summed E-state index contributed by atoms with van der Waals surface area (Å²) in [6.45, 7) is 5.00. The molecule has 0 aliphatic carbocycles. The first-order chi connectivity index (χ1) is 15.6. The Morgan fingerprint density at radius 2 is 1.84 bits per heavy atom. The molecule has 32 heavy (non-hydrogen) atoms. The SMILES string of the molecule is COc1ccc(CCC(=O)N2CCC(N3CC4CC(C3)[C@H]3CCCC(=O)N3C4)CC2)cc1. The molecule has 4 aliphatic heterocycles. The topological polar surface area (TPSA) is 53.1 Å². The van der Waals surface area contributed by atoms with Crippen molar-refractivity contribution in [3.8, 4) is 5.75 Å². The van der Waals surface area contributed by atoms with Gasteiger partial charge in [-0.1, -0.05) is 12.1 Å². The van der Waals surface area contributed by atoms with Crippen molar-refractivity contribution >= 4 is 11.8 Å². The zero-order valence-corrected chi connectivity index (χ0v) is 19.4. The minimum atomic E-state index is 0.283. The lowest BCUT2D eigenvalue weighted by Gasteiger charge is -2.54. The average molecular weight is 440 g/mol. The molecule has 0 aromatic heterocycles. The van der Waals surface area contributed by atoms with Crippen LogP contribution in [0.3, 0.4) is 0 Å². The standard InChI is InChI=1S/C26H37N3O3/c1-32-23-8-5-19(6-9-23)7-10-25(30)27-13-11-22(12-14-27)28-16-20-15-21(18-28)24-3-2-4-26(31)29(24)17-20/h5-6,8-9,20-22,24H,2-4,7,10-18H2,1H3/t20?,21?,24-/m1/s1. The molecule has 2 amide bonds. The molecule has 6 nitrogen and oxygen atoms in total. The number of rotatable bonds is 5. The molecule has 2 bridgehead atoms. The summed E-state index contributed by atoms with van der Waals surface area (Å²) in [5.41, 5.74) is 1.18. The van der Waals surface area contributed by atoms with Gasteiger partial charge in [-0.05, 0) is 68.1 Å². The normalized spacial score (nSPS) is 29.0. The Kier molecular flexibility index (Phi) is 6.40. The summed E-state index contributed by atoms with van der Waals surface area (Å²) in [5, 5.41) is 0. The molecule has 174 valence electrons. The highest BCUT2D eigenvalue weighted by Crippen LogP contribution is 2.39. The Morgan fingerprint density at radius 3 is 2.59 bits per heavy atom. The van der Waals surface area contributed by atoms with E-state index in [0.29, 0.717) is 36.2 Å². The molecule has 0 radical (unpaired) electrons. The zero-order chi connectivity index (χ0) is 22.1. The van der Waals surface area contributed by atoms with Crippen LogP contribution in [0.25, 0.3) is 0 Å². The van der Waals surface area contributed by atoms with Crippen LogP contribution in [-0.2, 0) is 16.0 Å². The second-order valence-electron chi connectivity index (χ2n) is 10.3. The third-order valence-corrected chi connectivity index (χ3v) is 8.33. The lowest BCUT2D eigenvalue weighted by molar-refractivity contribution is -0.146. The van der Waals surface area contributed by atoms with Crippen molar-refractivity contribution < 1.29 is 14.3 Å². The van der Waals surface area contributed by atoms with Gasteiger partial charge in [0, 0.05) is 57.6 Å². The first-order valence-electron chi connectivity index (χ1n) is 12.5. The second-order valence-corrected chi connectivity index (χ2v) is 10.3. The van der Waals surface area contributed by atoms with E-state index in [9.17, 15) is 9.59 Å². The Labute approximate surface area is 191 Å². The number of nitrogens with zero attached hydrogens (tertiary/aromatic N) is 3. The van der Waals surface area contributed by atoms with Crippen LogP contribution < -0.4 is 4.74 Å². The van der Waals surface area contributed by atoms with Crippen molar-refractivity contribution in [2.75, 3.05) is 39.8 Å². The smallest absolute Gasteiger partial charge is 0.222 e. The number of amides is 2. The van der Waals surface area contributed by atoms with Gasteiger partial charge in [-0.25, -0.2) is 0 Å². The van der Waals surface area contributed by atoms with E-state index in [1.165, 1.54) is 18.4 Å². The number of methoxy groups -OCH3 is 1. The molecule has 0 spiro atoms. The third kappa shape index (κ3) is 4.52. The lowest BCUT2D eigenvalue weighted by atomic mass is 9.75. The zero-order valence-electron chi connectivity index (χ0n) is 19.4. The molecule has 5 rings (SSSR count). The monoisotopic (exact) mass is 439 g/mol. The molecule has 4 saturated heterocycles. The predicted molar refractivity (Wildman–Crippen MR) is 123 cm³/mol. The highest BCUT2D eigenvalue weighted by molar-refractivity contribution is 5.77. The summed E-state index contributed by atoms with van der Waals surface area (Å²) >= 11 is 0. The van der Waals surface area contributed by atoms with Crippen LogP contribution in [0.2, 0.25) is 0 Å². The number of hydrogen-bond acceptors (Lipinski definition) is 4. The molecule has 2 unspecified atom stereocenters. The van der Waals surface area contributed by atoms with Crippen LogP contribution in [0.1, 0.15) is 50.5 Å². The first-order valence-corrected chi connectivity index (χ1v) is 12.5. The number of fused-ring (bicyclic) bond motifs is 4. The van der Waals surface area contributed by atoms with Crippen LogP contribution >= 0.6 is 0 Å². The Morgan fingerprint density at radius 1 is 1.06 bits per heavy atom. The first kappa shape index (κ1) is 21.7. The van der Waals surface area contributed by atoms with Gasteiger partial charge in [0.2, 0.25) is 11.8 Å². The number of benzene rings is 1. The van der Waals surface area contributed by atoms with Gasteiger partial charge in [-0.15, -0.1) is 0 Å². The molecule has 3 atom stereocenters. The van der Waals surface area contributed by atoms with Crippen LogP contribution in [0.15, 0.2) is 24.3 Å². The van der Waals surface area contributed by atoms with E-state index in [2.05, 4.69) is 14.7 Å². The number of piperidine rings is 4. The summed E-state index contributed by atoms with van der Waals surface area (Å²) in [6, 6.07) is 9.09. The highest BCUT2D eigenvalue weighted by atomic mass is 16.5. The summed E-state index contributed by atoms with van der Waals surface area (Å²) < 4.78 is 5.21. The second kappa shape index (κ2) is 9.42. The predicted octanol–water partition coefficient (Wildman–Crippen LogP) is 2.95. The van der Waals surface area contributed by atoms with E-state index in [1.54, 1.807) is 7.11 Å². The molecule has 4 heterocycles. The molecule has 1 aromatic carbocycles. The maximum Gasteiger partial charge on any atom is 0.222 e. The van der Waals surface area contributed by atoms with E-state index in [4.69, 9.17) is 4.74 Å². The molecular weight excluding hydrogens is 402 g/mol. The molecule has 4 aliphatic rings. The van der Waals surface area contributed by atoms with Gasteiger partial charge in [0.25, 0.3) is 0 Å². The maximum atomic E-state index is 12.8. The summed E-state index contributed by atoms with van der Waals surface area (Å²) in [7, 11) is 1.67. The molecule has 6 heteroatoms. The number of carbonyl (C=O) groups is 2. The maximum absolute atomic E-state index is 12.8. The van der Waals surface area contributed by atoms with Crippen LogP contribution in [0.4, 0.5) is 0 Å². The number of ether oxygens (including phenoxy) is 1. The van der Waals surface area contributed by atoms with E-state index in [1.807, 2.05) is 24.3 Å². The Hall–Kier alpha value is -2.08. The average Bonchev–Trinajstić information content (AvgIpc) is 2.83. The minimum absolute atomic E-state index is 0.283. The molecule has 1 aromatic rings. The summed E-state index contributed by atoms with van der Waals surface area (Å²) in [4.78, 5) is 32.2. The van der Waals surface area contributed by atoms with Crippen molar-refractivity contribution in [1.29, 1.82) is 0 Å². The van der Waals surface area contributed by atoms with Crippen molar-refractivity contribution in [3.63, 3.8) is 0 Å². The van der Waals surface area contributed by atoms with Gasteiger partial charge in [-0.3, -0.25) is 14.5 Å². The number of likely N-dealkylation sites (tertiary alicyclic amines) is 2. The van der Waals surface area contributed by atoms with E-state index in [0.717, 1.165) is 70.6 Å². The van der Waals surface area contributed by atoms with E-state index >= 15 is 0 Å². The van der Waals surface area contributed by atoms with Gasteiger partial charge in [0.05, 0.1) is 7.11 Å². The molecule has 0 saturated carbocycles. The molecule has 4 fully saturated rings. The summed E-state index contributed by atoms with van der Waals surface area (Å²) in [6.07, 6.45) is 7.85. The largest absolute Gasteiger partial charge is 0.497 e. The fraction of sp³-hybridized carbons (Fsp3) is 0.692. The van der Waals surface area contributed by atoms with E-state index < -0.39 is 0 Å². The minimum Gasteiger partial charge on any atom is -0.497 e. The lowest BCUT2D eigenvalue weighted by Crippen LogP contribution is -2.62. The van der Waals surface area contributed by atoms with Gasteiger partial charge in [0.15, 0.2) is 0 Å². The van der Waals surface area contributed by atoms with Gasteiger partial charge in [-0.2, -0.15) is 0 Å². The fourth-order valence-electron chi connectivity index (χ4n) is 6.63. The van der Waals surface area contributed by atoms with Crippen LogP contribution in [0.5, 0.6) is 5.75 Å². The highest BCUT2D eigenvalue weighted by Gasteiger charge is 2.45. The van der Waals surface area contributed by atoms with Crippen LogP contribution in [0, 0.1) is 11.8 Å². The Balaban J connectivity index is 1.10. The number of carbonyl (C=O) groups excluding carboxylic acids is 2. The number of aryl methyl sites for hydroxylation is 1. The van der Waals surface area contributed by atoms with Crippen LogP contribution in [-0.4, -0.2) is 78.4 Å². The number of hydrogen-bond donors (Lipinski definition) is 0. The van der Waals surface area contributed by atoms with Crippen molar-refractivity contribution in [3.05, 3.63) is 29.8 Å². The summed E-state index contributed by atoms with van der Waals surface area (Å²) in [5.74, 6) is 2.82. The van der Waals surface area contributed by atoms with E-state index in [-0.39, 0.29) is 5.91 Å². The van der Waals surface area contributed by atoms with Gasteiger partial charge >= 0.3 is 0 Å². The van der Waals surface area contributed by atoms with Crippen molar-refractivity contribution in [2.45, 2.75) is 63.5 Å². The van der Waals surface area contributed by atoms with Gasteiger partial charge in [0.1, 0.15) is 5.75 Å². The molecular formula is C26H37N3O3. The van der Waals surface area contributed by atoms with Gasteiger partial charge < -0.3 is 14.5 Å². The molecule has 0 N–H and O–H groups in total.